The van der Waals surface area contributed by atoms with E-state index in [1.54, 1.807) is 24.3 Å². The van der Waals surface area contributed by atoms with Gasteiger partial charge in [0.05, 0.1) is 12.2 Å². The van der Waals surface area contributed by atoms with Crippen molar-refractivity contribution in [2.75, 3.05) is 17.2 Å². The average Bonchev–Trinajstić information content (AvgIpc) is 2.46. The molecule has 4 nitrogen and oxygen atoms in total. The van der Waals surface area contributed by atoms with Crippen LogP contribution in [0.1, 0.15) is 17.3 Å². The van der Waals surface area contributed by atoms with E-state index in [4.69, 9.17) is 0 Å². The third-order valence-electron chi connectivity index (χ3n) is 2.81. The quantitative estimate of drug-likeness (QED) is 0.820. The monoisotopic (exact) mass is 268 g/mol. The molecule has 20 heavy (non-hydrogen) atoms. The summed E-state index contributed by atoms with van der Waals surface area (Å²) >= 11 is 0. The zero-order chi connectivity index (χ0) is 14.4. The lowest BCUT2D eigenvalue weighted by atomic mass is 10.1. The lowest BCUT2D eigenvalue weighted by Gasteiger charge is -2.10. The van der Waals surface area contributed by atoms with E-state index in [1.165, 1.54) is 6.92 Å². The molecule has 2 aromatic carbocycles. The van der Waals surface area contributed by atoms with Crippen molar-refractivity contribution in [3.63, 3.8) is 0 Å². The highest BCUT2D eigenvalue weighted by molar-refractivity contribution is 6.04. The van der Waals surface area contributed by atoms with Gasteiger partial charge in [-0.2, -0.15) is 0 Å². The highest BCUT2D eigenvalue weighted by Gasteiger charge is 2.09. The predicted octanol–water partition coefficient (Wildman–Crippen LogP) is 2.94. The predicted molar refractivity (Wildman–Crippen MR) is 80.0 cm³/mol. The Hall–Kier alpha value is -2.62. The van der Waals surface area contributed by atoms with E-state index in [9.17, 15) is 9.59 Å². The second-order valence-electron chi connectivity index (χ2n) is 4.37. The van der Waals surface area contributed by atoms with Crippen LogP contribution in [-0.2, 0) is 4.79 Å². The van der Waals surface area contributed by atoms with E-state index in [0.29, 0.717) is 11.3 Å². The molecule has 0 atom stereocenters. The Labute approximate surface area is 117 Å². The standard InChI is InChI=1S/C16H16N2O2/c1-12(19)14-9-5-6-10-15(14)18-16(20)11-17-13-7-3-2-4-8-13/h2-10,17H,11H2,1H3,(H,18,20). The maximum Gasteiger partial charge on any atom is 0.243 e. The van der Waals surface area contributed by atoms with Crippen LogP contribution in [-0.4, -0.2) is 18.2 Å². The number of nitrogens with one attached hydrogen (secondary N) is 2. The molecule has 0 heterocycles. The molecule has 0 radical (unpaired) electrons. The molecule has 2 rings (SSSR count). The van der Waals surface area contributed by atoms with Crippen LogP contribution in [0.15, 0.2) is 54.6 Å². The van der Waals surface area contributed by atoms with E-state index in [1.807, 2.05) is 30.3 Å². The van der Waals surface area contributed by atoms with Gasteiger partial charge >= 0.3 is 0 Å². The molecule has 0 aliphatic heterocycles. The second-order valence-corrected chi connectivity index (χ2v) is 4.37. The largest absolute Gasteiger partial charge is 0.376 e. The summed E-state index contributed by atoms with van der Waals surface area (Å²) in [5, 5.41) is 5.76. The first-order chi connectivity index (χ1) is 9.66. The molecule has 4 heteroatoms. The van der Waals surface area contributed by atoms with Crippen molar-refractivity contribution >= 4 is 23.1 Å². The van der Waals surface area contributed by atoms with Gasteiger partial charge in [-0.1, -0.05) is 30.3 Å². The van der Waals surface area contributed by atoms with Gasteiger partial charge in [-0.3, -0.25) is 9.59 Å². The first kappa shape index (κ1) is 13.8. The van der Waals surface area contributed by atoms with Crippen LogP contribution in [0, 0.1) is 0 Å². The zero-order valence-electron chi connectivity index (χ0n) is 11.2. The van der Waals surface area contributed by atoms with Crippen LogP contribution in [0.5, 0.6) is 0 Å². The minimum absolute atomic E-state index is 0.0723. The van der Waals surface area contributed by atoms with Crippen LogP contribution in [0.4, 0.5) is 11.4 Å². The van der Waals surface area contributed by atoms with E-state index < -0.39 is 0 Å². The fraction of sp³-hybridized carbons (Fsp3) is 0.125. The molecule has 0 aliphatic carbocycles. The lowest BCUT2D eigenvalue weighted by molar-refractivity contribution is -0.114. The van der Waals surface area contributed by atoms with Gasteiger partial charge < -0.3 is 10.6 Å². The molecule has 0 saturated carbocycles. The number of carbonyl (C=O) groups is 2. The van der Waals surface area contributed by atoms with Crippen molar-refractivity contribution in [3.05, 3.63) is 60.2 Å². The molecule has 0 bridgehead atoms. The summed E-state index contributed by atoms with van der Waals surface area (Å²) in [6.07, 6.45) is 0. The molecule has 0 saturated heterocycles. The maximum atomic E-state index is 11.9. The molecule has 102 valence electrons. The summed E-state index contributed by atoms with van der Waals surface area (Å²) in [6, 6.07) is 16.4. The van der Waals surface area contributed by atoms with Crippen molar-refractivity contribution < 1.29 is 9.59 Å². The number of Topliss-reactive ketones (excluding diaryl/α,β-unsaturated/α-hetero) is 1. The number of hydrogen-bond acceptors (Lipinski definition) is 3. The Kier molecular flexibility index (Phi) is 4.50. The van der Waals surface area contributed by atoms with Crippen LogP contribution < -0.4 is 10.6 Å². The Balaban J connectivity index is 1.97. The molecule has 0 unspecified atom stereocenters. The van der Waals surface area contributed by atoms with Gasteiger partial charge in [-0.15, -0.1) is 0 Å². The molecule has 1 amide bonds. The highest BCUT2D eigenvalue weighted by Crippen LogP contribution is 2.15. The van der Waals surface area contributed by atoms with Gasteiger partial charge in [-0.25, -0.2) is 0 Å². The molecule has 2 N–H and O–H groups in total. The van der Waals surface area contributed by atoms with Crippen molar-refractivity contribution in [1.29, 1.82) is 0 Å². The van der Waals surface area contributed by atoms with Gasteiger partial charge in [0, 0.05) is 11.3 Å². The molecule has 0 spiro atoms. The van der Waals surface area contributed by atoms with E-state index in [2.05, 4.69) is 10.6 Å². The Morgan fingerprint density at radius 2 is 1.60 bits per heavy atom. The number of ketones is 1. The van der Waals surface area contributed by atoms with Crippen molar-refractivity contribution in [2.45, 2.75) is 6.92 Å². The van der Waals surface area contributed by atoms with Crippen molar-refractivity contribution in [3.8, 4) is 0 Å². The minimum Gasteiger partial charge on any atom is -0.376 e. The summed E-state index contributed by atoms with van der Waals surface area (Å²) in [4.78, 5) is 23.3. The minimum atomic E-state index is -0.192. The van der Waals surface area contributed by atoms with E-state index in [-0.39, 0.29) is 18.2 Å². The van der Waals surface area contributed by atoms with Gasteiger partial charge in [-0.05, 0) is 31.2 Å². The number of para-hydroxylation sites is 2. The number of hydrogen-bond donors (Lipinski definition) is 2. The first-order valence-corrected chi connectivity index (χ1v) is 6.35. The fourth-order valence-corrected chi connectivity index (χ4v) is 1.83. The maximum absolute atomic E-state index is 11.9. The molecule has 0 aliphatic rings. The van der Waals surface area contributed by atoms with Crippen LogP contribution in [0.3, 0.4) is 0 Å². The zero-order valence-corrected chi connectivity index (χ0v) is 11.2. The van der Waals surface area contributed by atoms with Crippen LogP contribution in [0.2, 0.25) is 0 Å². The summed E-state index contributed by atoms with van der Waals surface area (Å²) in [5.41, 5.74) is 1.93. The van der Waals surface area contributed by atoms with Gasteiger partial charge in [0.1, 0.15) is 0 Å². The second kappa shape index (κ2) is 6.52. The molecule has 2 aromatic rings. The summed E-state index contributed by atoms with van der Waals surface area (Å²) in [5.74, 6) is -0.264. The molecule has 0 fully saturated rings. The normalized spacial score (nSPS) is 9.85. The van der Waals surface area contributed by atoms with Gasteiger partial charge in [0.2, 0.25) is 5.91 Å². The molecule has 0 aromatic heterocycles. The van der Waals surface area contributed by atoms with E-state index >= 15 is 0 Å². The number of benzene rings is 2. The molecular weight excluding hydrogens is 252 g/mol. The van der Waals surface area contributed by atoms with Crippen molar-refractivity contribution in [1.82, 2.24) is 0 Å². The number of amides is 1. The summed E-state index contributed by atoms with van der Waals surface area (Å²) in [7, 11) is 0. The van der Waals surface area contributed by atoms with Gasteiger partial charge in [0.15, 0.2) is 5.78 Å². The van der Waals surface area contributed by atoms with Crippen LogP contribution >= 0.6 is 0 Å². The Morgan fingerprint density at radius 3 is 2.30 bits per heavy atom. The third-order valence-corrected chi connectivity index (χ3v) is 2.81. The Bertz CT molecular complexity index is 609. The Morgan fingerprint density at radius 1 is 0.950 bits per heavy atom. The average molecular weight is 268 g/mol. The topological polar surface area (TPSA) is 58.2 Å². The smallest absolute Gasteiger partial charge is 0.243 e. The third kappa shape index (κ3) is 3.68. The lowest BCUT2D eigenvalue weighted by Crippen LogP contribution is -2.22. The number of rotatable bonds is 5. The van der Waals surface area contributed by atoms with Crippen LogP contribution in [0.25, 0.3) is 0 Å². The highest BCUT2D eigenvalue weighted by atomic mass is 16.2. The number of carbonyl (C=O) groups excluding carboxylic acids is 2. The summed E-state index contributed by atoms with van der Waals surface area (Å²) < 4.78 is 0. The van der Waals surface area contributed by atoms with Gasteiger partial charge in [0.25, 0.3) is 0 Å². The van der Waals surface area contributed by atoms with E-state index in [0.717, 1.165) is 5.69 Å². The summed E-state index contributed by atoms with van der Waals surface area (Å²) in [6.45, 7) is 1.63. The first-order valence-electron chi connectivity index (χ1n) is 6.35. The number of anilines is 2. The SMILES string of the molecule is CC(=O)c1ccccc1NC(=O)CNc1ccccc1. The van der Waals surface area contributed by atoms with Crippen molar-refractivity contribution in [2.24, 2.45) is 0 Å². The molecular formula is C16H16N2O2. The fourth-order valence-electron chi connectivity index (χ4n) is 1.83.